The van der Waals surface area contributed by atoms with Gasteiger partial charge in [-0.1, -0.05) is 11.8 Å². The number of rotatable bonds is 8. The molecule has 0 saturated carbocycles. The third-order valence-electron chi connectivity index (χ3n) is 4.25. The average molecular weight is 485 g/mol. The van der Waals surface area contributed by atoms with Gasteiger partial charge < -0.3 is 23.7 Å². The third-order valence-corrected chi connectivity index (χ3v) is 5.40. The number of ether oxygens (including phenoxy) is 5. The normalized spacial score (nSPS) is 24.3. The Morgan fingerprint density at radius 2 is 1.39 bits per heavy atom. The summed E-state index contributed by atoms with van der Waals surface area (Å²) in [6, 6.07) is 5.51. The Kier molecular flexibility index (Phi) is 9.17. The largest absolute Gasteiger partial charge is 0.463 e. The van der Waals surface area contributed by atoms with Crippen LogP contribution in [0.1, 0.15) is 27.7 Å². The Bertz CT molecular complexity index is 904. The topological polar surface area (TPSA) is 158 Å². The molecule has 33 heavy (non-hydrogen) atoms. The lowest BCUT2D eigenvalue weighted by atomic mass is 9.99. The van der Waals surface area contributed by atoms with Gasteiger partial charge in [0.15, 0.2) is 18.3 Å². The molecular weight excluding hydrogens is 462 g/mol. The predicted molar refractivity (Wildman–Crippen MR) is 111 cm³/mol. The number of hydrogen-bond acceptors (Lipinski definition) is 12. The van der Waals surface area contributed by atoms with Gasteiger partial charge in [0.05, 0.1) is 4.92 Å². The van der Waals surface area contributed by atoms with Gasteiger partial charge in [0.2, 0.25) is 0 Å². The zero-order valence-corrected chi connectivity index (χ0v) is 19.1. The minimum atomic E-state index is -1.28. The maximum absolute atomic E-state index is 11.8. The van der Waals surface area contributed by atoms with Crippen molar-refractivity contribution in [3.63, 3.8) is 0 Å². The number of benzene rings is 1. The van der Waals surface area contributed by atoms with E-state index in [1.807, 2.05) is 0 Å². The second-order valence-electron chi connectivity index (χ2n) is 6.94. The summed E-state index contributed by atoms with van der Waals surface area (Å²) in [4.78, 5) is 57.5. The zero-order valence-electron chi connectivity index (χ0n) is 18.2. The van der Waals surface area contributed by atoms with Crippen LogP contribution < -0.4 is 0 Å². The molecule has 1 aliphatic rings. The molecule has 1 aromatic carbocycles. The van der Waals surface area contributed by atoms with Crippen LogP contribution in [0.3, 0.4) is 0 Å². The smallest absolute Gasteiger partial charge is 0.303 e. The molecule has 0 unspecified atom stereocenters. The van der Waals surface area contributed by atoms with Crippen LogP contribution in [-0.4, -0.2) is 65.3 Å². The van der Waals surface area contributed by atoms with E-state index in [0.717, 1.165) is 32.5 Å². The molecule has 5 atom stereocenters. The van der Waals surface area contributed by atoms with Gasteiger partial charge in [-0.15, -0.1) is 0 Å². The SMILES string of the molecule is CC(=O)OC[C@@H]1O[C@@H](Sc2ccc([N+](=O)[O-])cc2)[C@@H](OC(C)=O)[C@@H](OC(C)=O)[C@H]1OC(C)=O. The van der Waals surface area contributed by atoms with E-state index in [2.05, 4.69) is 0 Å². The molecule has 1 aromatic rings. The van der Waals surface area contributed by atoms with Crippen LogP contribution in [0.5, 0.6) is 0 Å². The maximum Gasteiger partial charge on any atom is 0.303 e. The quantitative estimate of drug-likeness (QED) is 0.228. The number of hydrogen-bond donors (Lipinski definition) is 0. The fraction of sp³-hybridized carbons (Fsp3) is 0.500. The number of esters is 4. The van der Waals surface area contributed by atoms with Crippen molar-refractivity contribution >= 4 is 41.3 Å². The monoisotopic (exact) mass is 485 g/mol. The molecule has 12 nitrogen and oxygen atoms in total. The van der Waals surface area contributed by atoms with Crippen molar-refractivity contribution in [2.75, 3.05) is 6.61 Å². The Hall–Kier alpha value is -3.19. The summed E-state index contributed by atoms with van der Waals surface area (Å²) in [7, 11) is 0. The minimum absolute atomic E-state index is 0.124. The maximum atomic E-state index is 11.8. The van der Waals surface area contributed by atoms with Crippen molar-refractivity contribution in [2.45, 2.75) is 62.4 Å². The van der Waals surface area contributed by atoms with Gasteiger partial charge in [-0.3, -0.25) is 29.3 Å². The van der Waals surface area contributed by atoms with Crippen LogP contribution in [0.2, 0.25) is 0 Å². The van der Waals surface area contributed by atoms with Crippen LogP contribution >= 0.6 is 11.8 Å². The molecule has 1 saturated heterocycles. The van der Waals surface area contributed by atoms with Crippen LogP contribution in [0.4, 0.5) is 5.69 Å². The molecule has 0 N–H and O–H groups in total. The highest BCUT2D eigenvalue weighted by Crippen LogP contribution is 2.38. The Morgan fingerprint density at radius 3 is 1.88 bits per heavy atom. The van der Waals surface area contributed by atoms with Crippen molar-refractivity contribution in [1.82, 2.24) is 0 Å². The fourth-order valence-electron chi connectivity index (χ4n) is 3.06. The molecule has 180 valence electrons. The average Bonchev–Trinajstić information content (AvgIpc) is 2.70. The first kappa shape index (κ1) is 26.1. The number of nitrogens with zero attached hydrogens (tertiary/aromatic N) is 1. The molecule has 0 spiro atoms. The lowest BCUT2D eigenvalue weighted by Crippen LogP contribution is -2.61. The lowest BCUT2D eigenvalue weighted by Gasteiger charge is -2.44. The summed E-state index contributed by atoms with van der Waals surface area (Å²) in [5.41, 5.74) is -1.13. The number of nitro benzene ring substituents is 1. The Balaban J connectivity index is 2.43. The van der Waals surface area contributed by atoms with Gasteiger partial charge in [0.1, 0.15) is 18.1 Å². The number of carbonyl (C=O) groups excluding carboxylic acids is 4. The summed E-state index contributed by atoms with van der Waals surface area (Å²) in [6.45, 7) is 4.24. The molecular formula is C20H23NO11S. The molecule has 13 heteroatoms. The predicted octanol–water partition coefficient (Wildman–Crippen LogP) is 1.77. The number of nitro groups is 1. The van der Waals surface area contributed by atoms with Crippen molar-refractivity contribution in [3.05, 3.63) is 34.4 Å². The fourth-order valence-corrected chi connectivity index (χ4v) is 4.17. The number of thioether (sulfide) groups is 1. The van der Waals surface area contributed by atoms with Gasteiger partial charge in [0.25, 0.3) is 5.69 Å². The van der Waals surface area contributed by atoms with Gasteiger partial charge in [-0.25, -0.2) is 0 Å². The Labute approximate surface area is 193 Å². The van der Waals surface area contributed by atoms with Gasteiger partial charge in [0, 0.05) is 44.7 Å². The molecule has 0 aliphatic carbocycles. The first-order chi connectivity index (χ1) is 15.5. The van der Waals surface area contributed by atoms with E-state index in [1.54, 1.807) is 0 Å². The molecule has 1 heterocycles. The number of carbonyl (C=O) groups is 4. The van der Waals surface area contributed by atoms with Crippen molar-refractivity contribution < 1.29 is 47.8 Å². The molecule has 0 bridgehead atoms. The van der Waals surface area contributed by atoms with E-state index in [1.165, 1.54) is 31.2 Å². The molecule has 0 aromatic heterocycles. The van der Waals surface area contributed by atoms with E-state index in [9.17, 15) is 29.3 Å². The minimum Gasteiger partial charge on any atom is -0.463 e. The van der Waals surface area contributed by atoms with E-state index < -0.39 is 58.7 Å². The summed E-state index contributed by atoms with van der Waals surface area (Å²) in [6.07, 6.45) is -4.81. The van der Waals surface area contributed by atoms with Crippen LogP contribution in [-0.2, 0) is 42.9 Å². The highest BCUT2D eigenvalue weighted by atomic mass is 32.2. The lowest BCUT2D eigenvalue weighted by molar-refractivity contribution is -0.384. The zero-order chi connectivity index (χ0) is 24.7. The first-order valence-corrected chi connectivity index (χ1v) is 10.6. The highest BCUT2D eigenvalue weighted by molar-refractivity contribution is 7.99. The van der Waals surface area contributed by atoms with E-state index in [0.29, 0.717) is 4.90 Å². The van der Waals surface area contributed by atoms with Crippen molar-refractivity contribution in [1.29, 1.82) is 0 Å². The summed E-state index contributed by atoms with van der Waals surface area (Å²) in [5, 5.41) is 10.9. The molecule has 1 aliphatic heterocycles. The van der Waals surface area contributed by atoms with Crippen LogP contribution in [0.25, 0.3) is 0 Å². The first-order valence-electron chi connectivity index (χ1n) is 9.69. The van der Waals surface area contributed by atoms with Crippen LogP contribution in [0.15, 0.2) is 29.2 Å². The molecule has 0 radical (unpaired) electrons. The third kappa shape index (κ3) is 7.71. The molecule has 0 amide bonds. The van der Waals surface area contributed by atoms with Crippen LogP contribution in [0, 0.1) is 10.1 Å². The second kappa shape index (κ2) is 11.6. The van der Waals surface area contributed by atoms with Gasteiger partial charge >= 0.3 is 23.9 Å². The standard InChI is InChI=1S/C20H23NO11S/c1-10(22)28-9-16-17(29-11(2)23)18(30-12(3)24)19(31-13(4)25)20(32-16)33-15-7-5-14(6-8-15)21(26)27/h5-8,16-20H,9H2,1-4H3/t16-,17-,18-,19-,20-/m0/s1. The highest BCUT2D eigenvalue weighted by Gasteiger charge is 2.52. The van der Waals surface area contributed by atoms with Gasteiger partial charge in [-0.05, 0) is 12.1 Å². The number of non-ortho nitro benzene ring substituents is 1. The summed E-state index contributed by atoms with van der Waals surface area (Å²) in [5.74, 6) is -2.79. The van der Waals surface area contributed by atoms with Crippen molar-refractivity contribution in [2.24, 2.45) is 0 Å². The van der Waals surface area contributed by atoms with Gasteiger partial charge in [-0.2, -0.15) is 0 Å². The Morgan fingerprint density at radius 1 is 0.879 bits per heavy atom. The summed E-state index contributed by atoms with van der Waals surface area (Å²) < 4.78 is 27.0. The molecule has 2 rings (SSSR count). The van der Waals surface area contributed by atoms with E-state index in [4.69, 9.17) is 23.7 Å². The van der Waals surface area contributed by atoms with E-state index >= 15 is 0 Å². The molecule has 1 fully saturated rings. The second-order valence-corrected chi connectivity index (χ2v) is 8.11. The summed E-state index contributed by atoms with van der Waals surface area (Å²) >= 11 is 1.03. The van der Waals surface area contributed by atoms with E-state index in [-0.39, 0.29) is 12.3 Å². The van der Waals surface area contributed by atoms with Crippen molar-refractivity contribution in [3.8, 4) is 0 Å².